The van der Waals surface area contributed by atoms with Crippen LogP contribution in [0.15, 0.2) is 53.5 Å². The first-order chi connectivity index (χ1) is 17.9. The van der Waals surface area contributed by atoms with E-state index in [4.69, 9.17) is 4.74 Å². The number of aryl methyl sites for hydroxylation is 2. The van der Waals surface area contributed by atoms with Crippen molar-refractivity contribution in [1.82, 2.24) is 4.57 Å². The lowest BCUT2D eigenvalue weighted by atomic mass is 9.98. The number of fused-ring (bicyclic) bond motifs is 1. The Bertz CT molecular complexity index is 1460. The van der Waals surface area contributed by atoms with E-state index in [1.807, 2.05) is 19.9 Å². The molecule has 1 N–H and O–H groups in total. The van der Waals surface area contributed by atoms with Crippen molar-refractivity contribution in [3.63, 3.8) is 0 Å². The SMILES string of the molecule is C.CC(C)OCCCCc1ccc(-c2ccc3c(=O)n(CC[C@](C)(C(=O)CO)S(C)(=O)=O)ccc3c2)c(F)c1. The van der Waals surface area contributed by atoms with Gasteiger partial charge in [0.05, 0.1) is 6.10 Å². The summed E-state index contributed by atoms with van der Waals surface area (Å²) in [7, 11) is -3.82. The highest BCUT2D eigenvalue weighted by molar-refractivity contribution is 7.92. The van der Waals surface area contributed by atoms with E-state index in [1.165, 1.54) is 17.7 Å². The van der Waals surface area contributed by atoms with E-state index in [9.17, 15) is 27.5 Å². The first kappa shape index (κ1) is 32.3. The molecule has 214 valence electrons. The van der Waals surface area contributed by atoms with Gasteiger partial charge in [-0.15, -0.1) is 0 Å². The van der Waals surface area contributed by atoms with Crippen LogP contribution in [0.5, 0.6) is 0 Å². The number of Topliss-reactive ketones (excluding diaryl/α,β-unsaturated/α-hetero) is 1. The van der Waals surface area contributed by atoms with Crippen LogP contribution in [0.2, 0.25) is 0 Å². The number of hydrogen-bond acceptors (Lipinski definition) is 6. The van der Waals surface area contributed by atoms with Crippen LogP contribution in [-0.2, 0) is 32.3 Å². The van der Waals surface area contributed by atoms with Crippen LogP contribution in [0.1, 0.15) is 53.0 Å². The molecule has 2 aromatic carbocycles. The maximum atomic E-state index is 15.0. The Labute approximate surface area is 230 Å². The fraction of sp³-hybridized carbons (Fsp3) is 0.467. The fourth-order valence-electron chi connectivity index (χ4n) is 4.36. The average molecular weight is 562 g/mol. The highest BCUT2D eigenvalue weighted by Crippen LogP contribution is 2.27. The van der Waals surface area contributed by atoms with E-state index in [2.05, 4.69) is 0 Å². The monoisotopic (exact) mass is 561 g/mol. The van der Waals surface area contributed by atoms with Crippen molar-refractivity contribution in [3.05, 3.63) is 70.4 Å². The van der Waals surface area contributed by atoms with Crippen molar-refractivity contribution in [1.29, 1.82) is 0 Å². The Morgan fingerprint density at radius 2 is 1.85 bits per heavy atom. The Morgan fingerprint density at radius 3 is 2.46 bits per heavy atom. The number of aliphatic hydroxyl groups excluding tert-OH is 1. The second-order valence-corrected chi connectivity index (χ2v) is 12.6. The van der Waals surface area contributed by atoms with E-state index >= 15 is 0 Å². The highest BCUT2D eigenvalue weighted by atomic mass is 32.2. The molecule has 1 aromatic heterocycles. The normalized spacial score (nSPS) is 13.3. The van der Waals surface area contributed by atoms with Gasteiger partial charge in [-0.1, -0.05) is 25.6 Å². The smallest absolute Gasteiger partial charge is 0.258 e. The molecule has 1 heterocycles. The van der Waals surface area contributed by atoms with Gasteiger partial charge in [-0.05, 0) is 87.2 Å². The molecule has 1 atom stereocenters. The third kappa shape index (κ3) is 7.62. The lowest BCUT2D eigenvalue weighted by Gasteiger charge is -2.25. The summed E-state index contributed by atoms with van der Waals surface area (Å²) in [4.78, 5) is 25.2. The van der Waals surface area contributed by atoms with Gasteiger partial charge in [0.25, 0.3) is 5.56 Å². The van der Waals surface area contributed by atoms with Gasteiger partial charge in [-0.2, -0.15) is 0 Å². The second-order valence-electron chi connectivity index (χ2n) is 10.1. The Hall–Kier alpha value is -2.88. The maximum absolute atomic E-state index is 15.0. The summed E-state index contributed by atoms with van der Waals surface area (Å²) in [5, 5.41) is 10.3. The van der Waals surface area contributed by atoms with Crippen molar-refractivity contribution < 1.29 is 27.4 Å². The third-order valence-electron chi connectivity index (χ3n) is 7.01. The number of ether oxygens (including phenoxy) is 1. The van der Waals surface area contributed by atoms with Crippen LogP contribution in [-0.4, -0.2) is 54.2 Å². The van der Waals surface area contributed by atoms with Crippen molar-refractivity contribution >= 4 is 26.4 Å². The molecule has 0 aliphatic heterocycles. The van der Waals surface area contributed by atoms with Gasteiger partial charge in [0.2, 0.25) is 0 Å². The molecule has 0 spiro atoms. The fourth-order valence-corrected chi connectivity index (χ4v) is 5.30. The van der Waals surface area contributed by atoms with Gasteiger partial charge in [0.15, 0.2) is 15.6 Å². The summed E-state index contributed by atoms with van der Waals surface area (Å²) < 4.78 is 44.5. The number of carbonyl (C=O) groups is 1. The number of aliphatic hydroxyl groups is 1. The largest absolute Gasteiger partial charge is 0.389 e. The number of hydrogen-bond donors (Lipinski definition) is 1. The van der Waals surface area contributed by atoms with Crippen LogP contribution < -0.4 is 5.56 Å². The number of unbranched alkanes of at least 4 members (excludes halogenated alkanes) is 1. The summed E-state index contributed by atoms with van der Waals surface area (Å²) in [6, 6.07) is 12.0. The number of aromatic nitrogens is 1. The maximum Gasteiger partial charge on any atom is 0.258 e. The zero-order chi connectivity index (χ0) is 28.1. The van der Waals surface area contributed by atoms with Gasteiger partial charge in [-0.25, -0.2) is 12.8 Å². The molecule has 0 fully saturated rings. The van der Waals surface area contributed by atoms with Crippen molar-refractivity contribution in [2.24, 2.45) is 0 Å². The van der Waals surface area contributed by atoms with Crippen molar-refractivity contribution in [2.75, 3.05) is 19.5 Å². The summed E-state index contributed by atoms with van der Waals surface area (Å²) in [6.07, 6.45) is 5.10. The lowest BCUT2D eigenvalue weighted by Crippen LogP contribution is -2.46. The van der Waals surface area contributed by atoms with Gasteiger partial charge in [0, 0.05) is 36.6 Å². The minimum Gasteiger partial charge on any atom is -0.389 e. The quantitative estimate of drug-likeness (QED) is 0.297. The van der Waals surface area contributed by atoms with E-state index < -0.39 is 27.0 Å². The average Bonchev–Trinajstić information content (AvgIpc) is 2.86. The van der Waals surface area contributed by atoms with Gasteiger partial charge >= 0.3 is 0 Å². The first-order valence-electron chi connectivity index (χ1n) is 12.7. The predicted octanol–water partition coefficient (Wildman–Crippen LogP) is 4.95. The molecule has 0 bridgehead atoms. The number of nitrogens with zero attached hydrogens (tertiary/aromatic N) is 1. The van der Waals surface area contributed by atoms with Crippen LogP contribution in [0, 0.1) is 5.82 Å². The Morgan fingerprint density at radius 1 is 1.13 bits per heavy atom. The zero-order valence-electron chi connectivity index (χ0n) is 22.4. The van der Waals surface area contributed by atoms with Crippen molar-refractivity contribution in [3.8, 4) is 11.1 Å². The molecule has 3 rings (SSSR count). The lowest BCUT2D eigenvalue weighted by molar-refractivity contribution is -0.124. The van der Waals surface area contributed by atoms with Gasteiger partial charge in [-0.3, -0.25) is 9.59 Å². The molecule has 0 aliphatic carbocycles. The molecule has 0 saturated carbocycles. The number of rotatable bonds is 13. The number of carbonyl (C=O) groups excluding carboxylic acids is 1. The Balaban J connectivity index is 0.00000533. The minimum atomic E-state index is -3.82. The predicted molar refractivity (Wildman–Crippen MR) is 154 cm³/mol. The van der Waals surface area contributed by atoms with Crippen LogP contribution >= 0.6 is 0 Å². The number of sulfone groups is 1. The van der Waals surface area contributed by atoms with E-state index in [0.717, 1.165) is 31.1 Å². The molecule has 9 heteroatoms. The third-order valence-corrected chi connectivity index (χ3v) is 9.08. The standard InChI is InChI=1S/C29H36FNO6S.CH4/c1-20(2)37-16-6-5-7-21-8-10-24(26(30)17-21)22-9-11-25-23(18-22)12-14-31(28(25)34)15-13-29(3,27(33)19-32)38(4,35)36;/h8-12,14,17-18,20,32H,5-7,13,15-16,19H2,1-4H3;1H4/t29-;/m1./s1. The number of ketones is 1. The highest BCUT2D eigenvalue weighted by Gasteiger charge is 2.42. The van der Waals surface area contributed by atoms with Crippen molar-refractivity contribution in [2.45, 2.75) is 71.3 Å². The molecule has 0 unspecified atom stereocenters. The number of halogens is 1. The minimum absolute atomic E-state index is 0. The molecule has 0 radical (unpaired) electrons. The number of pyridine rings is 1. The van der Waals surface area contributed by atoms with Gasteiger partial charge < -0.3 is 14.4 Å². The molecule has 7 nitrogen and oxygen atoms in total. The molecule has 3 aromatic rings. The second kappa shape index (κ2) is 13.5. The molecule has 0 aliphatic rings. The van der Waals surface area contributed by atoms with E-state index in [1.54, 1.807) is 36.4 Å². The van der Waals surface area contributed by atoms with Crippen LogP contribution in [0.4, 0.5) is 4.39 Å². The van der Waals surface area contributed by atoms with E-state index in [0.29, 0.717) is 28.5 Å². The van der Waals surface area contributed by atoms with Crippen LogP contribution in [0.25, 0.3) is 21.9 Å². The molecule has 0 amide bonds. The summed E-state index contributed by atoms with van der Waals surface area (Å²) in [5.41, 5.74) is 1.65. The number of benzene rings is 2. The van der Waals surface area contributed by atoms with Gasteiger partial charge in [0.1, 0.15) is 17.2 Å². The molecular weight excluding hydrogens is 521 g/mol. The summed E-state index contributed by atoms with van der Waals surface area (Å²) in [5.74, 6) is -1.14. The topological polar surface area (TPSA) is 103 Å². The summed E-state index contributed by atoms with van der Waals surface area (Å²) >= 11 is 0. The van der Waals surface area contributed by atoms with E-state index in [-0.39, 0.29) is 37.9 Å². The molecular formula is C30H40FNO6S. The van der Waals surface area contributed by atoms with Crippen LogP contribution in [0.3, 0.4) is 0 Å². The molecule has 0 saturated heterocycles. The summed E-state index contributed by atoms with van der Waals surface area (Å²) in [6.45, 7) is 5.03. The zero-order valence-corrected chi connectivity index (χ0v) is 23.2. The first-order valence-corrected chi connectivity index (χ1v) is 14.6. The Kier molecular flexibility index (Phi) is 11.2. The molecule has 39 heavy (non-hydrogen) atoms.